The molecule has 4 rings (SSSR count). The highest BCUT2D eigenvalue weighted by Gasteiger charge is 2.26. The summed E-state index contributed by atoms with van der Waals surface area (Å²) in [5.74, 6) is -0.625. The van der Waals surface area contributed by atoms with E-state index in [1.54, 1.807) is 23.9 Å². The zero-order valence-corrected chi connectivity index (χ0v) is 20.2. The number of ether oxygens (including phenoxy) is 2. The van der Waals surface area contributed by atoms with Crippen molar-refractivity contribution in [2.45, 2.75) is 19.9 Å². The van der Waals surface area contributed by atoms with Crippen molar-refractivity contribution in [2.75, 3.05) is 20.3 Å². The number of halogens is 2. The molecule has 3 aromatic carbocycles. The van der Waals surface area contributed by atoms with Crippen LogP contribution in [0.15, 0.2) is 78.9 Å². The molecule has 0 aliphatic heterocycles. The average Bonchev–Trinajstić information content (AvgIpc) is 3.25. The summed E-state index contributed by atoms with van der Waals surface area (Å²) in [6.07, 6.45) is 0.570. The largest absolute Gasteiger partial charge is 0.439 e. The highest BCUT2D eigenvalue weighted by Crippen LogP contribution is 2.32. The maximum atomic E-state index is 14.5. The molecule has 4 aromatic rings. The lowest BCUT2D eigenvalue weighted by Crippen LogP contribution is -2.34. The summed E-state index contributed by atoms with van der Waals surface area (Å²) in [6, 6.07) is 21.0. The van der Waals surface area contributed by atoms with Crippen molar-refractivity contribution in [1.82, 2.24) is 14.7 Å². The SMILES string of the molecule is CCc1nn(-c2ccccc2)c(Oc2ccc(F)cc2)c1CN(CCOC)C(=O)c1ccccc1F. The lowest BCUT2D eigenvalue weighted by molar-refractivity contribution is 0.0674. The van der Waals surface area contributed by atoms with Gasteiger partial charge in [0.05, 0.1) is 35.7 Å². The van der Waals surface area contributed by atoms with Gasteiger partial charge >= 0.3 is 0 Å². The summed E-state index contributed by atoms with van der Waals surface area (Å²) in [4.78, 5) is 14.9. The van der Waals surface area contributed by atoms with Crippen molar-refractivity contribution in [3.8, 4) is 17.3 Å². The first-order chi connectivity index (χ1) is 17.5. The van der Waals surface area contributed by atoms with Crippen LogP contribution >= 0.6 is 0 Å². The molecule has 0 aliphatic carbocycles. The van der Waals surface area contributed by atoms with Crippen molar-refractivity contribution in [2.24, 2.45) is 0 Å². The zero-order valence-electron chi connectivity index (χ0n) is 20.2. The van der Waals surface area contributed by atoms with Gasteiger partial charge in [-0.3, -0.25) is 4.79 Å². The highest BCUT2D eigenvalue weighted by molar-refractivity contribution is 5.94. The number of nitrogens with zero attached hydrogens (tertiary/aromatic N) is 3. The van der Waals surface area contributed by atoms with Crippen molar-refractivity contribution >= 4 is 5.91 Å². The molecule has 186 valence electrons. The number of para-hydroxylation sites is 1. The minimum Gasteiger partial charge on any atom is -0.439 e. The van der Waals surface area contributed by atoms with Gasteiger partial charge in [0.1, 0.15) is 17.4 Å². The van der Waals surface area contributed by atoms with Gasteiger partial charge in [0.2, 0.25) is 5.88 Å². The lowest BCUT2D eigenvalue weighted by Gasteiger charge is -2.23. The zero-order chi connectivity index (χ0) is 25.5. The third-order valence-corrected chi connectivity index (χ3v) is 5.69. The summed E-state index contributed by atoms with van der Waals surface area (Å²) in [7, 11) is 1.54. The van der Waals surface area contributed by atoms with Gasteiger partial charge in [-0.1, -0.05) is 37.3 Å². The molecule has 0 radical (unpaired) electrons. The Morgan fingerprint density at radius 1 is 0.972 bits per heavy atom. The maximum absolute atomic E-state index is 14.5. The Kier molecular flexibility index (Phi) is 8.07. The molecule has 1 heterocycles. The molecule has 0 aliphatic rings. The van der Waals surface area contributed by atoms with E-state index in [1.165, 1.54) is 41.3 Å². The first kappa shape index (κ1) is 25.1. The van der Waals surface area contributed by atoms with Crippen molar-refractivity contribution in [3.05, 3.63) is 107 Å². The predicted octanol–water partition coefficient (Wildman–Crippen LogP) is 5.79. The molecule has 0 saturated carbocycles. The smallest absolute Gasteiger partial charge is 0.257 e. The quantitative estimate of drug-likeness (QED) is 0.282. The van der Waals surface area contributed by atoms with Gasteiger partial charge in [0.25, 0.3) is 5.91 Å². The summed E-state index contributed by atoms with van der Waals surface area (Å²) < 4.78 is 41.1. The minimum atomic E-state index is -0.594. The van der Waals surface area contributed by atoms with E-state index < -0.39 is 11.7 Å². The van der Waals surface area contributed by atoms with Gasteiger partial charge < -0.3 is 14.4 Å². The van der Waals surface area contributed by atoms with Gasteiger partial charge in [-0.05, 0) is 55.0 Å². The van der Waals surface area contributed by atoms with Crippen LogP contribution in [0.1, 0.15) is 28.5 Å². The molecule has 8 heteroatoms. The van der Waals surface area contributed by atoms with E-state index in [2.05, 4.69) is 0 Å². The summed E-state index contributed by atoms with van der Waals surface area (Å²) in [5.41, 5.74) is 2.13. The Balaban J connectivity index is 1.79. The lowest BCUT2D eigenvalue weighted by atomic mass is 10.1. The number of carbonyl (C=O) groups is 1. The van der Waals surface area contributed by atoms with Crippen molar-refractivity contribution in [1.29, 1.82) is 0 Å². The topological polar surface area (TPSA) is 56.6 Å². The molecule has 6 nitrogen and oxygen atoms in total. The van der Waals surface area contributed by atoms with Gasteiger partial charge in [-0.15, -0.1) is 0 Å². The number of amides is 1. The molecule has 1 aromatic heterocycles. The van der Waals surface area contributed by atoms with Crippen molar-refractivity contribution < 1.29 is 23.0 Å². The number of rotatable bonds is 10. The van der Waals surface area contributed by atoms with E-state index in [-0.39, 0.29) is 31.1 Å². The number of methoxy groups -OCH3 is 1. The summed E-state index contributed by atoms with van der Waals surface area (Å²) in [6.45, 7) is 2.58. The van der Waals surface area contributed by atoms with E-state index in [0.717, 1.165) is 11.4 Å². The van der Waals surface area contributed by atoms with Crippen LogP contribution in [0, 0.1) is 11.6 Å². The van der Waals surface area contributed by atoms with Crippen LogP contribution in [0.3, 0.4) is 0 Å². The standard InChI is InChI=1S/C28H27F2N3O3/c1-3-26-24(19-32(17-18-35-2)27(34)23-11-7-8-12-25(23)30)28(36-22-15-13-20(29)14-16-22)33(31-26)21-9-5-4-6-10-21/h4-16H,3,17-19H2,1-2H3. The van der Waals surface area contributed by atoms with Crippen LogP contribution in [0.2, 0.25) is 0 Å². The van der Waals surface area contributed by atoms with Crippen LogP contribution in [-0.4, -0.2) is 40.8 Å². The minimum absolute atomic E-state index is 0.0249. The number of benzene rings is 3. The number of hydrogen-bond donors (Lipinski definition) is 0. The molecule has 0 spiro atoms. The first-order valence-corrected chi connectivity index (χ1v) is 11.6. The predicted molar refractivity (Wildman–Crippen MR) is 132 cm³/mol. The van der Waals surface area contributed by atoms with Gasteiger partial charge in [0.15, 0.2) is 0 Å². The second kappa shape index (κ2) is 11.6. The molecule has 0 atom stereocenters. The summed E-state index contributed by atoms with van der Waals surface area (Å²) >= 11 is 0. The molecule has 0 bridgehead atoms. The van der Waals surface area contributed by atoms with E-state index in [0.29, 0.717) is 23.6 Å². The van der Waals surface area contributed by atoms with E-state index in [4.69, 9.17) is 14.6 Å². The third kappa shape index (κ3) is 5.60. The summed E-state index contributed by atoms with van der Waals surface area (Å²) in [5, 5.41) is 4.77. The van der Waals surface area contributed by atoms with Crippen LogP contribution in [0.25, 0.3) is 5.69 Å². The fourth-order valence-electron chi connectivity index (χ4n) is 3.83. The molecule has 0 saturated heterocycles. The third-order valence-electron chi connectivity index (χ3n) is 5.69. The number of aryl methyl sites for hydroxylation is 1. The molecular formula is C28H27F2N3O3. The Hall–Kier alpha value is -4.04. The highest BCUT2D eigenvalue weighted by atomic mass is 19.1. The van der Waals surface area contributed by atoms with E-state index in [1.807, 2.05) is 37.3 Å². The fourth-order valence-corrected chi connectivity index (χ4v) is 3.83. The van der Waals surface area contributed by atoms with Gasteiger partial charge in [0, 0.05) is 13.7 Å². The molecular weight excluding hydrogens is 464 g/mol. The number of hydrogen-bond acceptors (Lipinski definition) is 4. The molecule has 36 heavy (non-hydrogen) atoms. The maximum Gasteiger partial charge on any atom is 0.257 e. The average molecular weight is 492 g/mol. The van der Waals surface area contributed by atoms with Gasteiger partial charge in [-0.25, -0.2) is 13.5 Å². The van der Waals surface area contributed by atoms with E-state index in [9.17, 15) is 13.6 Å². The van der Waals surface area contributed by atoms with Crippen LogP contribution in [-0.2, 0) is 17.7 Å². The van der Waals surface area contributed by atoms with Gasteiger partial charge in [-0.2, -0.15) is 5.10 Å². The van der Waals surface area contributed by atoms with Crippen LogP contribution in [0.5, 0.6) is 11.6 Å². The Labute approximate surface area is 208 Å². The first-order valence-electron chi connectivity index (χ1n) is 11.6. The number of aromatic nitrogens is 2. The number of carbonyl (C=O) groups excluding carboxylic acids is 1. The molecule has 1 amide bonds. The Morgan fingerprint density at radius 3 is 2.33 bits per heavy atom. The second-order valence-corrected chi connectivity index (χ2v) is 8.09. The fraction of sp³-hybridized carbons (Fsp3) is 0.214. The van der Waals surface area contributed by atoms with Crippen LogP contribution in [0.4, 0.5) is 8.78 Å². The molecule has 0 fully saturated rings. The second-order valence-electron chi connectivity index (χ2n) is 8.09. The van der Waals surface area contributed by atoms with Crippen molar-refractivity contribution in [3.63, 3.8) is 0 Å². The Bertz CT molecular complexity index is 1310. The van der Waals surface area contributed by atoms with E-state index >= 15 is 0 Å². The monoisotopic (exact) mass is 491 g/mol. The van der Waals surface area contributed by atoms with Crippen LogP contribution < -0.4 is 4.74 Å². The Morgan fingerprint density at radius 2 is 1.67 bits per heavy atom. The molecule has 0 unspecified atom stereocenters. The normalized spacial score (nSPS) is 10.9. The molecule has 0 N–H and O–H groups in total.